The number of aromatic nitrogens is 1. The molecule has 1 heterocycles. The number of amides is 1. The first-order valence-electron chi connectivity index (χ1n) is 5.58. The molecule has 1 amide bonds. The minimum absolute atomic E-state index is 0.0370. The molecular formula is C13H16N2O2. The predicted molar refractivity (Wildman–Crippen MR) is 65.4 cm³/mol. The van der Waals surface area contributed by atoms with Crippen LogP contribution in [0.2, 0.25) is 0 Å². The number of hydrogen-bond acceptors (Lipinski definition) is 3. The lowest BCUT2D eigenvalue weighted by Gasteiger charge is -1.99. The van der Waals surface area contributed by atoms with Crippen molar-refractivity contribution in [1.29, 1.82) is 0 Å². The number of nitrogens with zero attached hydrogens (tertiary/aromatic N) is 1. The van der Waals surface area contributed by atoms with Crippen LogP contribution in [0.4, 0.5) is 0 Å². The Kier molecular flexibility index (Phi) is 6.27. The summed E-state index contributed by atoms with van der Waals surface area (Å²) in [4.78, 5) is 15.0. The Morgan fingerprint density at radius 1 is 1.53 bits per heavy atom. The Hall–Kier alpha value is -2.02. The van der Waals surface area contributed by atoms with Gasteiger partial charge in [-0.3, -0.25) is 9.78 Å². The van der Waals surface area contributed by atoms with E-state index >= 15 is 0 Å². The standard InChI is InChI=1S/C13H16N2O2/c1-2-6-13(16)15-9-3-4-10-17-12-7-5-8-14-11-12/h5,7-8,11H,2,6,9-10H2,1H3,(H,15,16). The molecule has 1 rings (SSSR count). The SMILES string of the molecule is CCCC(=O)NCC#CCOc1cccnc1. The summed E-state index contributed by atoms with van der Waals surface area (Å²) in [5, 5.41) is 2.70. The maximum absolute atomic E-state index is 11.1. The first-order chi connectivity index (χ1) is 8.33. The van der Waals surface area contributed by atoms with E-state index in [0.29, 0.717) is 25.3 Å². The van der Waals surface area contributed by atoms with Crippen LogP contribution in [-0.4, -0.2) is 24.0 Å². The Labute approximate surface area is 101 Å². The van der Waals surface area contributed by atoms with Crippen molar-refractivity contribution in [3.63, 3.8) is 0 Å². The minimum atomic E-state index is 0.0370. The van der Waals surface area contributed by atoms with Gasteiger partial charge in [0.1, 0.15) is 12.4 Å². The van der Waals surface area contributed by atoms with Crippen LogP contribution in [0.5, 0.6) is 5.75 Å². The molecule has 0 fully saturated rings. The molecule has 0 radical (unpaired) electrons. The van der Waals surface area contributed by atoms with Crippen LogP contribution in [0.15, 0.2) is 24.5 Å². The highest BCUT2D eigenvalue weighted by atomic mass is 16.5. The Bertz CT molecular complexity index is 393. The van der Waals surface area contributed by atoms with Crippen LogP contribution < -0.4 is 10.1 Å². The number of carbonyl (C=O) groups is 1. The van der Waals surface area contributed by atoms with E-state index in [1.165, 1.54) is 0 Å². The van der Waals surface area contributed by atoms with Crippen LogP contribution in [0.25, 0.3) is 0 Å². The van der Waals surface area contributed by atoms with Gasteiger partial charge in [0.05, 0.1) is 12.7 Å². The Balaban J connectivity index is 2.13. The lowest BCUT2D eigenvalue weighted by atomic mass is 10.3. The van der Waals surface area contributed by atoms with E-state index in [-0.39, 0.29) is 5.91 Å². The third kappa shape index (κ3) is 6.21. The van der Waals surface area contributed by atoms with Gasteiger partial charge in [0.15, 0.2) is 0 Å². The first-order valence-corrected chi connectivity index (χ1v) is 5.58. The van der Waals surface area contributed by atoms with Gasteiger partial charge in [0.2, 0.25) is 5.91 Å². The molecule has 90 valence electrons. The normalized spacial score (nSPS) is 9.00. The third-order valence-corrected chi connectivity index (χ3v) is 1.92. The molecule has 1 aromatic heterocycles. The zero-order chi connectivity index (χ0) is 12.3. The van der Waals surface area contributed by atoms with Crippen molar-refractivity contribution in [2.75, 3.05) is 13.2 Å². The number of carbonyl (C=O) groups excluding carboxylic acids is 1. The molecule has 1 aromatic rings. The van der Waals surface area contributed by atoms with Crippen molar-refractivity contribution < 1.29 is 9.53 Å². The summed E-state index contributed by atoms with van der Waals surface area (Å²) in [5.41, 5.74) is 0. The first kappa shape index (κ1) is 13.0. The van der Waals surface area contributed by atoms with Gasteiger partial charge in [0, 0.05) is 12.6 Å². The molecule has 0 aromatic carbocycles. The van der Waals surface area contributed by atoms with Crippen LogP contribution in [-0.2, 0) is 4.79 Å². The zero-order valence-corrected chi connectivity index (χ0v) is 9.90. The Morgan fingerprint density at radius 3 is 3.12 bits per heavy atom. The molecule has 17 heavy (non-hydrogen) atoms. The van der Waals surface area contributed by atoms with E-state index in [1.807, 2.05) is 13.0 Å². The van der Waals surface area contributed by atoms with E-state index < -0.39 is 0 Å². The summed E-state index contributed by atoms with van der Waals surface area (Å²) >= 11 is 0. The molecule has 4 nitrogen and oxygen atoms in total. The molecule has 0 aliphatic heterocycles. The van der Waals surface area contributed by atoms with E-state index in [1.54, 1.807) is 18.5 Å². The lowest BCUT2D eigenvalue weighted by molar-refractivity contribution is -0.120. The molecule has 0 saturated heterocycles. The number of hydrogen-bond donors (Lipinski definition) is 1. The molecular weight excluding hydrogens is 216 g/mol. The average molecular weight is 232 g/mol. The van der Waals surface area contributed by atoms with Gasteiger partial charge in [-0.25, -0.2) is 0 Å². The topological polar surface area (TPSA) is 51.2 Å². The van der Waals surface area contributed by atoms with E-state index in [2.05, 4.69) is 22.1 Å². The van der Waals surface area contributed by atoms with Crippen molar-refractivity contribution in [2.24, 2.45) is 0 Å². The van der Waals surface area contributed by atoms with E-state index in [0.717, 1.165) is 6.42 Å². The Morgan fingerprint density at radius 2 is 2.41 bits per heavy atom. The van der Waals surface area contributed by atoms with E-state index in [4.69, 9.17) is 4.74 Å². The summed E-state index contributed by atoms with van der Waals surface area (Å²) in [6, 6.07) is 3.62. The summed E-state index contributed by atoms with van der Waals surface area (Å²) in [6.07, 6.45) is 4.71. The fourth-order valence-corrected chi connectivity index (χ4v) is 1.12. The molecule has 0 atom stereocenters. The van der Waals surface area contributed by atoms with Crippen molar-refractivity contribution >= 4 is 5.91 Å². The van der Waals surface area contributed by atoms with Crippen LogP contribution in [0.1, 0.15) is 19.8 Å². The zero-order valence-electron chi connectivity index (χ0n) is 9.90. The molecule has 4 heteroatoms. The lowest BCUT2D eigenvalue weighted by Crippen LogP contribution is -2.22. The quantitative estimate of drug-likeness (QED) is 0.780. The highest BCUT2D eigenvalue weighted by Gasteiger charge is 1.94. The monoisotopic (exact) mass is 232 g/mol. The number of pyridine rings is 1. The van der Waals surface area contributed by atoms with E-state index in [9.17, 15) is 4.79 Å². The second-order valence-corrected chi connectivity index (χ2v) is 3.36. The molecule has 0 spiro atoms. The van der Waals surface area contributed by atoms with Gasteiger partial charge in [-0.2, -0.15) is 0 Å². The van der Waals surface area contributed by atoms with Gasteiger partial charge in [-0.05, 0) is 18.6 Å². The summed E-state index contributed by atoms with van der Waals surface area (Å²) in [5.74, 6) is 6.36. The highest BCUT2D eigenvalue weighted by Crippen LogP contribution is 2.04. The fourth-order valence-electron chi connectivity index (χ4n) is 1.12. The van der Waals surface area contributed by atoms with Gasteiger partial charge in [-0.1, -0.05) is 18.8 Å². The second kappa shape index (κ2) is 8.17. The number of nitrogens with one attached hydrogen (secondary N) is 1. The fraction of sp³-hybridized carbons (Fsp3) is 0.385. The molecule has 1 N–H and O–H groups in total. The highest BCUT2D eigenvalue weighted by molar-refractivity contribution is 5.76. The molecule has 0 aliphatic carbocycles. The van der Waals surface area contributed by atoms with Gasteiger partial charge in [-0.15, -0.1) is 0 Å². The number of ether oxygens (including phenoxy) is 1. The van der Waals surface area contributed by atoms with Crippen LogP contribution in [0.3, 0.4) is 0 Å². The van der Waals surface area contributed by atoms with Crippen molar-refractivity contribution in [3.8, 4) is 17.6 Å². The van der Waals surface area contributed by atoms with Crippen LogP contribution >= 0.6 is 0 Å². The molecule has 0 aliphatic rings. The minimum Gasteiger partial charge on any atom is -0.479 e. The van der Waals surface area contributed by atoms with Crippen molar-refractivity contribution in [1.82, 2.24) is 10.3 Å². The second-order valence-electron chi connectivity index (χ2n) is 3.36. The maximum atomic E-state index is 11.1. The molecule has 0 saturated carbocycles. The third-order valence-electron chi connectivity index (χ3n) is 1.92. The summed E-state index contributed by atoms with van der Waals surface area (Å²) < 4.78 is 5.31. The van der Waals surface area contributed by atoms with Crippen LogP contribution in [0, 0.1) is 11.8 Å². The predicted octanol–water partition coefficient (Wildman–Crippen LogP) is 1.38. The van der Waals surface area contributed by atoms with Gasteiger partial charge in [0.25, 0.3) is 0 Å². The largest absolute Gasteiger partial charge is 0.479 e. The molecule has 0 unspecified atom stereocenters. The number of rotatable bonds is 5. The van der Waals surface area contributed by atoms with Gasteiger partial charge < -0.3 is 10.1 Å². The van der Waals surface area contributed by atoms with Crippen molar-refractivity contribution in [3.05, 3.63) is 24.5 Å². The smallest absolute Gasteiger partial charge is 0.220 e. The maximum Gasteiger partial charge on any atom is 0.220 e. The summed E-state index contributed by atoms with van der Waals surface area (Å²) in [6.45, 7) is 2.64. The van der Waals surface area contributed by atoms with Crippen molar-refractivity contribution in [2.45, 2.75) is 19.8 Å². The van der Waals surface area contributed by atoms with Gasteiger partial charge >= 0.3 is 0 Å². The average Bonchev–Trinajstić information content (AvgIpc) is 2.35. The molecule has 0 bridgehead atoms. The summed E-state index contributed by atoms with van der Waals surface area (Å²) in [7, 11) is 0.